The van der Waals surface area contributed by atoms with Gasteiger partial charge in [0.1, 0.15) is 12.0 Å². The van der Waals surface area contributed by atoms with Crippen LogP contribution in [0.1, 0.15) is 17.1 Å². The molecular weight excluding hydrogens is 274 g/mol. The molecule has 7 heteroatoms. The predicted molar refractivity (Wildman–Crippen MR) is 76.5 cm³/mol. The second-order valence-electron chi connectivity index (χ2n) is 4.73. The summed E-state index contributed by atoms with van der Waals surface area (Å²) in [6.07, 6.45) is 1.20. The first-order chi connectivity index (χ1) is 9.88. The van der Waals surface area contributed by atoms with Crippen molar-refractivity contribution in [1.29, 1.82) is 0 Å². The van der Waals surface area contributed by atoms with Gasteiger partial charge in [0.15, 0.2) is 6.61 Å². The maximum Gasteiger partial charge on any atom is 0.262 e. The molecule has 0 bridgehead atoms. The fourth-order valence-corrected chi connectivity index (χ4v) is 1.87. The van der Waals surface area contributed by atoms with Gasteiger partial charge in [0.2, 0.25) is 11.2 Å². The van der Waals surface area contributed by atoms with E-state index < -0.39 is 0 Å². The Hall–Kier alpha value is -2.57. The van der Waals surface area contributed by atoms with Crippen LogP contribution < -0.4 is 15.5 Å². The number of hydrogen-bond acceptors (Lipinski definition) is 5. The lowest BCUT2D eigenvalue weighted by Gasteiger charge is -2.07. The second-order valence-corrected chi connectivity index (χ2v) is 4.73. The van der Waals surface area contributed by atoms with Crippen molar-refractivity contribution >= 4 is 11.6 Å². The Labute approximate surface area is 121 Å². The predicted octanol–water partition coefficient (Wildman–Crippen LogP) is 1.32. The summed E-state index contributed by atoms with van der Waals surface area (Å²) in [7, 11) is 1.80. The smallest absolute Gasteiger partial charge is 0.262 e. The van der Waals surface area contributed by atoms with Gasteiger partial charge in [0.25, 0.3) is 5.91 Å². The number of anilines is 1. The third kappa shape index (κ3) is 3.31. The Bertz CT molecular complexity index is 730. The van der Waals surface area contributed by atoms with E-state index in [1.807, 2.05) is 6.92 Å². The summed E-state index contributed by atoms with van der Waals surface area (Å²) in [6, 6.07) is 1.31. The van der Waals surface area contributed by atoms with Crippen LogP contribution in [0.5, 0.6) is 5.75 Å². The van der Waals surface area contributed by atoms with Gasteiger partial charge >= 0.3 is 0 Å². The highest BCUT2D eigenvalue weighted by atomic mass is 16.5. The maximum atomic E-state index is 11.9. The molecule has 112 valence electrons. The number of carbonyl (C=O) groups excluding carboxylic acids is 1. The van der Waals surface area contributed by atoms with Gasteiger partial charge in [-0.25, -0.2) is 0 Å². The minimum atomic E-state index is -0.367. The highest BCUT2D eigenvalue weighted by Gasteiger charge is 2.13. The van der Waals surface area contributed by atoms with Crippen molar-refractivity contribution in [2.45, 2.75) is 20.8 Å². The van der Waals surface area contributed by atoms with E-state index in [-0.39, 0.29) is 23.7 Å². The van der Waals surface area contributed by atoms with Gasteiger partial charge < -0.3 is 14.5 Å². The number of ether oxygens (including phenoxy) is 1. The summed E-state index contributed by atoms with van der Waals surface area (Å²) < 4.78 is 11.9. The molecule has 0 fully saturated rings. The van der Waals surface area contributed by atoms with Gasteiger partial charge in [0, 0.05) is 13.1 Å². The van der Waals surface area contributed by atoms with E-state index in [0.717, 1.165) is 11.4 Å². The summed E-state index contributed by atoms with van der Waals surface area (Å²) in [5.74, 6) is 0.128. The molecule has 2 aromatic rings. The third-order valence-corrected chi connectivity index (χ3v) is 3.06. The summed E-state index contributed by atoms with van der Waals surface area (Å²) in [4.78, 5) is 23.5. The van der Waals surface area contributed by atoms with Gasteiger partial charge in [-0.05, 0) is 20.8 Å². The van der Waals surface area contributed by atoms with Crippen LogP contribution in [0.15, 0.2) is 21.5 Å². The molecule has 0 aliphatic heterocycles. The molecule has 0 aliphatic carbocycles. The van der Waals surface area contributed by atoms with E-state index in [1.165, 1.54) is 12.3 Å². The van der Waals surface area contributed by atoms with E-state index in [0.29, 0.717) is 11.4 Å². The van der Waals surface area contributed by atoms with Crippen LogP contribution in [0.3, 0.4) is 0 Å². The largest absolute Gasteiger partial charge is 0.477 e. The van der Waals surface area contributed by atoms with Gasteiger partial charge in [-0.2, -0.15) is 5.10 Å². The maximum absolute atomic E-state index is 11.9. The molecule has 2 aromatic heterocycles. The van der Waals surface area contributed by atoms with Crippen molar-refractivity contribution in [3.8, 4) is 5.75 Å². The number of nitrogens with one attached hydrogen (secondary N) is 1. The molecular formula is C14H17N3O4. The third-order valence-electron chi connectivity index (χ3n) is 3.06. The van der Waals surface area contributed by atoms with Crippen molar-refractivity contribution in [2.75, 3.05) is 11.9 Å². The van der Waals surface area contributed by atoms with Crippen LogP contribution in [0.2, 0.25) is 0 Å². The van der Waals surface area contributed by atoms with Gasteiger partial charge in [0.05, 0.1) is 17.1 Å². The number of amides is 1. The van der Waals surface area contributed by atoms with Crippen LogP contribution in [0.25, 0.3) is 0 Å². The van der Waals surface area contributed by atoms with Crippen LogP contribution in [0.4, 0.5) is 5.69 Å². The first-order valence-corrected chi connectivity index (χ1v) is 6.40. The molecule has 1 amide bonds. The monoisotopic (exact) mass is 291 g/mol. The SMILES string of the molecule is Cc1cc(=O)c(OCC(=O)Nc2c(C)nn(C)c2C)co1. The van der Waals surface area contributed by atoms with E-state index in [2.05, 4.69) is 10.4 Å². The summed E-state index contributed by atoms with van der Waals surface area (Å²) >= 11 is 0. The number of aryl methyl sites for hydroxylation is 3. The molecule has 1 N–H and O–H groups in total. The van der Waals surface area contributed by atoms with Crippen LogP contribution in [0, 0.1) is 20.8 Å². The number of hydrogen-bond donors (Lipinski definition) is 1. The number of nitrogens with zero attached hydrogens (tertiary/aromatic N) is 2. The van der Waals surface area contributed by atoms with E-state index in [1.54, 1.807) is 25.6 Å². The zero-order chi connectivity index (χ0) is 15.6. The van der Waals surface area contributed by atoms with Gasteiger partial charge in [-0.1, -0.05) is 0 Å². The highest BCUT2D eigenvalue weighted by molar-refractivity contribution is 5.93. The van der Waals surface area contributed by atoms with E-state index in [4.69, 9.17) is 9.15 Å². The summed E-state index contributed by atoms with van der Waals surface area (Å²) in [5, 5.41) is 6.92. The van der Waals surface area contributed by atoms with Crippen LogP contribution in [-0.2, 0) is 11.8 Å². The van der Waals surface area contributed by atoms with Crippen molar-refractivity contribution in [3.63, 3.8) is 0 Å². The Morgan fingerprint density at radius 3 is 2.71 bits per heavy atom. The lowest BCUT2D eigenvalue weighted by atomic mass is 10.3. The minimum absolute atomic E-state index is 0.00961. The first kappa shape index (κ1) is 14.8. The van der Waals surface area contributed by atoms with Crippen molar-refractivity contribution in [1.82, 2.24) is 9.78 Å². The molecule has 2 heterocycles. The van der Waals surface area contributed by atoms with Crippen molar-refractivity contribution in [3.05, 3.63) is 39.7 Å². The molecule has 7 nitrogen and oxygen atoms in total. The molecule has 0 saturated heterocycles. The van der Waals surface area contributed by atoms with Gasteiger partial charge in [-0.15, -0.1) is 0 Å². The Morgan fingerprint density at radius 2 is 2.14 bits per heavy atom. The average molecular weight is 291 g/mol. The summed E-state index contributed by atoms with van der Waals surface area (Å²) in [5.41, 5.74) is 1.90. The van der Waals surface area contributed by atoms with Crippen LogP contribution in [-0.4, -0.2) is 22.3 Å². The zero-order valence-corrected chi connectivity index (χ0v) is 12.4. The minimum Gasteiger partial charge on any atom is -0.477 e. The molecule has 0 atom stereocenters. The molecule has 2 rings (SSSR count). The molecule has 0 aromatic carbocycles. The first-order valence-electron chi connectivity index (χ1n) is 6.40. The topological polar surface area (TPSA) is 86.4 Å². The normalized spacial score (nSPS) is 10.5. The molecule has 0 radical (unpaired) electrons. The molecule has 21 heavy (non-hydrogen) atoms. The highest BCUT2D eigenvalue weighted by Crippen LogP contribution is 2.18. The molecule has 0 unspecified atom stereocenters. The standard InChI is InChI=1S/C14H17N3O4/c1-8-5-11(18)12(6-20-8)21-7-13(19)15-14-9(2)16-17(4)10(14)3/h5-6H,7H2,1-4H3,(H,15,19). The number of aromatic nitrogens is 2. The molecule has 0 aliphatic rings. The fraction of sp³-hybridized carbons (Fsp3) is 0.357. The Morgan fingerprint density at radius 1 is 1.43 bits per heavy atom. The van der Waals surface area contributed by atoms with Crippen LogP contribution >= 0.6 is 0 Å². The quantitative estimate of drug-likeness (QED) is 0.918. The number of carbonyl (C=O) groups is 1. The molecule has 0 saturated carbocycles. The zero-order valence-electron chi connectivity index (χ0n) is 12.4. The summed E-state index contributed by atoms with van der Waals surface area (Å²) in [6.45, 7) is 5.04. The average Bonchev–Trinajstić information content (AvgIpc) is 2.64. The molecule has 0 spiro atoms. The Kier molecular flexibility index (Phi) is 4.11. The number of rotatable bonds is 4. The fourth-order valence-electron chi connectivity index (χ4n) is 1.87. The van der Waals surface area contributed by atoms with Crippen molar-refractivity contribution < 1.29 is 13.9 Å². The van der Waals surface area contributed by atoms with Gasteiger partial charge in [-0.3, -0.25) is 14.3 Å². The van der Waals surface area contributed by atoms with E-state index >= 15 is 0 Å². The Balaban J connectivity index is 2.01. The lowest BCUT2D eigenvalue weighted by Crippen LogP contribution is -2.22. The van der Waals surface area contributed by atoms with E-state index in [9.17, 15) is 9.59 Å². The van der Waals surface area contributed by atoms with Crippen molar-refractivity contribution in [2.24, 2.45) is 7.05 Å². The lowest BCUT2D eigenvalue weighted by molar-refractivity contribution is -0.118. The second kappa shape index (κ2) is 5.82.